The zero-order valence-electron chi connectivity index (χ0n) is 11.6. The number of hydrogen-bond acceptors (Lipinski definition) is 4. The molecule has 22 heavy (non-hydrogen) atoms. The van der Waals surface area contributed by atoms with E-state index in [1.165, 1.54) is 16.4 Å². The van der Waals surface area contributed by atoms with E-state index in [2.05, 4.69) is 10.3 Å². The quantitative estimate of drug-likeness (QED) is 0.652. The fourth-order valence-electron chi connectivity index (χ4n) is 1.97. The zero-order chi connectivity index (χ0) is 15.7. The average molecular weight is 352 g/mol. The molecule has 3 rings (SSSR count). The summed E-state index contributed by atoms with van der Waals surface area (Å²) in [5.41, 5.74) is 2.19. The Bertz CT molecular complexity index is 846. The lowest BCUT2D eigenvalue weighted by Gasteiger charge is -2.03. The van der Waals surface area contributed by atoms with Gasteiger partial charge in [-0.2, -0.15) is 4.68 Å². The maximum absolute atomic E-state index is 12.3. The molecule has 7 heteroatoms. The van der Waals surface area contributed by atoms with Gasteiger partial charge in [-0.15, -0.1) is 16.9 Å². The Morgan fingerprint density at radius 2 is 1.95 bits per heavy atom. The highest BCUT2D eigenvalue weighted by Crippen LogP contribution is 2.23. The zero-order valence-corrected chi connectivity index (χ0v) is 13.9. The Kier molecular flexibility index (Phi) is 4.38. The van der Waals surface area contributed by atoms with Gasteiger partial charge in [0.25, 0.3) is 5.91 Å². The fraction of sp³-hybridized carbons (Fsp3) is 0.133. The van der Waals surface area contributed by atoms with Crippen molar-refractivity contribution in [2.75, 3.05) is 5.75 Å². The van der Waals surface area contributed by atoms with Crippen LogP contribution in [0.5, 0.6) is 0 Å². The van der Waals surface area contributed by atoms with Crippen molar-refractivity contribution in [3.63, 3.8) is 0 Å². The van der Waals surface area contributed by atoms with Crippen LogP contribution in [0.25, 0.3) is 11.0 Å². The first-order valence-electron chi connectivity index (χ1n) is 6.48. The van der Waals surface area contributed by atoms with Crippen LogP contribution in [-0.4, -0.2) is 26.7 Å². The molecule has 0 unspecified atom stereocenters. The molecule has 0 fully saturated rings. The number of hydrogen-bond donors (Lipinski definition) is 0. The van der Waals surface area contributed by atoms with Gasteiger partial charge in [0, 0.05) is 14.9 Å². The predicted molar refractivity (Wildman–Crippen MR) is 90.1 cm³/mol. The lowest BCUT2D eigenvalue weighted by molar-refractivity contribution is 0.0929. The number of fused-ring (bicyclic) bond motifs is 1. The van der Waals surface area contributed by atoms with Crippen LogP contribution in [0.4, 0.5) is 0 Å². The molecule has 0 saturated heterocycles. The first-order chi connectivity index (χ1) is 10.5. The van der Waals surface area contributed by atoms with Crippen LogP contribution >= 0.6 is 35.0 Å². The van der Waals surface area contributed by atoms with Gasteiger partial charge in [-0.3, -0.25) is 4.79 Å². The minimum absolute atomic E-state index is 0.151. The summed E-state index contributed by atoms with van der Waals surface area (Å²) in [5.74, 6) is 0.105. The molecular formula is C15H11Cl2N3OS. The maximum Gasteiger partial charge on any atom is 0.259 e. The molecule has 0 N–H and O–H groups in total. The number of rotatable bonds is 3. The van der Waals surface area contributed by atoms with Gasteiger partial charge in [0.2, 0.25) is 0 Å². The number of benzene rings is 2. The second-order valence-corrected chi connectivity index (χ2v) is 6.62. The molecule has 112 valence electrons. The van der Waals surface area contributed by atoms with Crippen molar-refractivity contribution < 1.29 is 4.79 Å². The van der Waals surface area contributed by atoms with Crippen molar-refractivity contribution in [3.05, 3.63) is 52.0 Å². The van der Waals surface area contributed by atoms with Crippen LogP contribution in [0.3, 0.4) is 0 Å². The van der Waals surface area contributed by atoms with E-state index in [1.54, 1.807) is 18.2 Å². The van der Waals surface area contributed by atoms with Crippen molar-refractivity contribution in [3.8, 4) is 0 Å². The molecule has 0 aliphatic rings. The van der Waals surface area contributed by atoms with E-state index in [9.17, 15) is 4.79 Å². The SMILES string of the molecule is Cc1cc2nnn(C(=O)CSc3ccc(Cl)cc3)c2cc1Cl. The van der Waals surface area contributed by atoms with Gasteiger partial charge in [-0.05, 0) is 48.9 Å². The lowest BCUT2D eigenvalue weighted by Crippen LogP contribution is -2.14. The first-order valence-corrected chi connectivity index (χ1v) is 8.22. The van der Waals surface area contributed by atoms with Gasteiger partial charge in [-0.1, -0.05) is 28.4 Å². The molecule has 0 radical (unpaired) electrons. The summed E-state index contributed by atoms with van der Waals surface area (Å²) in [6.07, 6.45) is 0. The number of carbonyl (C=O) groups excluding carboxylic acids is 1. The molecular weight excluding hydrogens is 341 g/mol. The van der Waals surface area contributed by atoms with Gasteiger partial charge in [0.1, 0.15) is 5.52 Å². The van der Waals surface area contributed by atoms with E-state index in [1.807, 2.05) is 25.1 Å². The van der Waals surface area contributed by atoms with Crippen LogP contribution in [-0.2, 0) is 0 Å². The summed E-state index contributed by atoms with van der Waals surface area (Å²) in [7, 11) is 0. The van der Waals surface area contributed by atoms with Gasteiger partial charge < -0.3 is 0 Å². The highest BCUT2D eigenvalue weighted by atomic mass is 35.5. The Morgan fingerprint density at radius 1 is 1.23 bits per heavy atom. The van der Waals surface area contributed by atoms with E-state index >= 15 is 0 Å². The number of thioether (sulfide) groups is 1. The summed E-state index contributed by atoms with van der Waals surface area (Å²) in [6.45, 7) is 1.89. The molecule has 1 aromatic heterocycles. The molecule has 0 aliphatic carbocycles. The van der Waals surface area contributed by atoms with E-state index < -0.39 is 0 Å². The minimum atomic E-state index is -0.151. The second kappa shape index (κ2) is 6.28. The standard InChI is InChI=1S/C15H11Cl2N3OS/c1-9-6-13-14(7-12(9)17)20(19-18-13)15(21)8-22-11-4-2-10(16)3-5-11/h2-7H,8H2,1H3. The van der Waals surface area contributed by atoms with Gasteiger partial charge in [-0.25, -0.2) is 0 Å². The number of aromatic nitrogens is 3. The van der Waals surface area contributed by atoms with E-state index in [4.69, 9.17) is 23.2 Å². The molecule has 0 aliphatic heterocycles. The largest absolute Gasteiger partial charge is 0.272 e. The average Bonchev–Trinajstić information content (AvgIpc) is 2.90. The van der Waals surface area contributed by atoms with E-state index in [0.717, 1.165) is 10.5 Å². The summed E-state index contributed by atoms with van der Waals surface area (Å²) >= 11 is 13.4. The molecule has 2 aromatic carbocycles. The Morgan fingerprint density at radius 3 is 2.68 bits per heavy atom. The van der Waals surface area contributed by atoms with Crippen molar-refractivity contribution in [2.45, 2.75) is 11.8 Å². The Balaban J connectivity index is 1.80. The van der Waals surface area contributed by atoms with Gasteiger partial charge in [0.05, 0.1) is 11.3 Å². The highest BCUT2D eigenvalue weighted by molar-refractivity contribution is 8.00. The maximum atomic E-state index is 12.3. The Hall–Kier alpha value is -1.56. The topological polar surface area (TPSA) is 47.8 Å². The number of nitrogens with zero attached hydrogens (tertiary/aromatic N) is 3. The minimum Gasteiger partial charge on any atom is -0.272 e. The summed E-state index contributed by atoms with van der Waals surface area (Å²) in [4.78, 5) is 13.3. The van der Waals surface area contributed by atoms with Crippen LogP contribution in [0.2, 0.25) is 10.0 Å². The van der Waals surface area contributed by atoms with E-state index in [0.29, 0.717) is 21.1 Å². The molecule has 0 bridgehead atoms. The molecule has 3 aromatic rings. The lowest BCUT2D eigenvalue weighted by atomic mass is 10.2. The molecule has 0 amide bonds. The summed E-state index contributed by atoms with van der Waals surface area (Å²) in [6, 6.07) is 10.9. The Labute approximate surface area is 141 Å². The first kappa shape index (κ1) is 15.3. The summed E-state index contributed by atoms with van der Waals surface area (Å²) in [5, 5.41) is 9.20. The van der Waals surface area contributed by atoms with Crippen molar-refractivity contribution in [1.29, 1.82) is 0 Å². The normalized spacial score (nSPS) is 11.0. The van der Waals surface area contributed by atoms with Crippen LogP contribution < -0.4 is 0 Å². The molecule has 1 heterocycles. The number of halogens is 2. The van der Waals surface area contributed by atoms with E-state index in [-0.39, 0.29) is 11.7 Å². The molecule has 0 saturated carbocycles. The molecule has 0 spiro atoms. The molecule has 4 nitrogen and oxygen atoms in total. The van der Waals surface area contributed by atoms with Crippen molar-refractivity contribution in [2.24, 2.45) is 0 Å². The third kappa shape index (κ3) is 3.11. The van der Waals surface area contributed by atoms with Crippen molar-refractivity contribution in [1.82, 2.24) is 15.0 Å². The van der Waals surface area contributed by atoms with Crippen LogP contribution in [0, 0.1) is 6.92 Å². The smallest absolute Gasteiger partial charge is 0.259 e. The monoisotopic (exact) mass is 351 g/mol. The summed E-state index contributed by atoms with van der Waals surface area (Å²) < 4.78 is 1.30. The highest BCUT2D eigenvalue weighted by Gasteiger charge is 2.14. The van der Waals surface area contributed by atoms with Crippen LogP contribution in [0.1, 0.15) is 10.4 Å². The van der Waals surface area contributed by atoms with Gasteiger partial charge >= 0.3 is 0 Å². The predicted octanol–water partition coefficient (Wildman–Crippen LogP) is 4.48. The fourth-order valence-corrected chi connectivity index (χ4v) is 2.99. The second-order valence-electron chi connectivity index (χ2n) is 4.73. The molecule has 0 atom stereocenters. The van der Waals surface area contributed by atoms with Crippen molar-refractivity contribution >= 4 is 51.9 Å². The third-order valence-corrected chi connectivity index (χ3v) is 4.79. The third-order valence-electron chi connectivity index (χ3n) is 3.14. The van der Waals surface area contributed by atoms with Crippen LogP contribution in [0.15, 0.2) is 41.3 Å². The number of carbonyl (C=O) groups is 1. The number of aryl methyl sites for hydroxylation is 1. The van der Waals surface area contributed by atoms with Gasteiger partial charge in [0.15, 0.2) is 0 Å².